The van der Waals surface area contributed by atoms with Gasteiger partial charge in [-0.25, -0.2) is 0 Å². The van der Waals surface area contributed by atoms with Crippen LogP contribution in [0.3, 0.4) is 0 Å². The van der Waals surface area contributed by atoms with E-state index in [9.17, 15) is 0 Å². The molecule has 0 bridgehead atoms. The van der Waals surface area contributed by atoms with E-state index in [0.29, 0.717) is 0 Å². The van der Waals surface area contributed by atoms with Gasteiger partial charge < -0.3 is 0 Å². The molecular weight excluding hydrogens is 184 g/mol. The van der Waals surface area contributed by atoms with Gasteiger partial charge in [0, 0.05) is 17.4 Å². The molecule has 1 aromatic rings. The first-order valence-corrected chi connectivity index (χ1v) is 4.53. The topological polar surface area (TPSA) is 17.8 Å². The molecule has 0 saturated heterocycles. The van der Waals surface area contributed by atoms with E-state index in [1.807, 2.05) is 36.0 Å². The lowest BCUT2D eigenvalue weighted by atomic mass is 10.3. The Kier molecular flexibility index (Phi) is 3.77. The largest absolute Gasteiger partial charge is 0.269 e. The monoisotopic (exact) mass is 196 g/mol. The van der Waals surface area contributed by atoms with Crippen LogP contribution in [0.2, 0.25) is 0 Å². The molecule has 0 aliphatic carbocycles. The van der Waals surface area contributed by atoms with Crippen LogP contribution in [-0.4, -0.2) is 9.78 Å². The molecule has 0 radical (unpaired) electrons. The summed E-state index contributed by atoms with van der Waals surface area (Å²) in [6, 6.07) is 1.91. The van der Waals surface area contributed by atoms with Crippen LogP contribution >= 0.6 is 11.6 Å². The molecule has 0 saturated carbocycles. The Hall–Kier alpha value is -1.02. The second-order valence-corrected chi connectivity index (χ2v) is 3.57. The lowest BCUT2D eigenvalue weighted by molar-refractivity contribution is 0.677. The standard InChI is InChI=1S/C10H13ClN2/c1-9(4-5-10(2)11)8-13-7-3-6-12-13/h3-7H,8H2,1-2H3. The van der Waals surface area contributed by atoms with Gasteiger partial charge in [0.15, 0.2) is 0 Å². The van der Waals surface area contributed by atoms with E-state index in [1.54, 1.807) is 6.20 Å². The van der Waals surface area contributed by atoms with E-state index >= 15 is 0 Å². The molecule has 0 aliphatic rings. The molecule has 0 N–H and O–H groups in total. The van der Waals surface area contributed by atoms with E-state index in [0.717, 1.165) is 11.6 Å². The Bertz CT molecular complexity index is 306. The van der Waals surface area contributed by atoms with Gasteiger partial charge in [0.25, 0.3) is 0 Å². The number of hydrogen-bond donors (Lipinski definition) is 0. The third kappa shape index (κ3) is 3.95. The third-order valence-electron chi connectivity index (χ3n) is 1.57. The van der Waals surface area contributed by atoms with Gasteiger partial charge in [-0.15, -0.1) is 0 Å². The number of aromatic nitrogens is 2. The van der Waals surface area contributed by atoms with Crippen molar-refractivity contribution in [2.24, 2.45) is 0 Å². The van der Waals surface area contributed by atoms with Gasteiger partial charge in [-0.2, -0.15) is 5.10 Å². The van der Waals surface area contributed by atoms with Crippen molar-refractivity contribution < 1.29 is 0 Å². The van der Waals surface area contributed by atoms with Gasteiger partial charge in [0.1, 0.15) is 0 Å². The van der Waals surface area contributed by atoms with Crippen molar-refractivity contribution in [2.45, 2.75) is 20.4 Å². The molecule has 3 heteroatoms. The summed E-state index contributed by atoms with van der Waals surface area (Å²) >= 11 is 5.70. The maximum absolute atomic E-state index is 5.70. The van der Waals surface area contributed by atoms with E-state index in [-0.39, 0.29) is 0 Å². The maximum Gasteiger partial charge on any atom is 0.0619 e. The molecule has 13 heavy (non-hydrogen) atoms. The summed E-state index contributed by atoms with van der Waals surface area (Å²) in [6.07, 6.45) is 7.61. The van der Waals surface area contributed by atoms with Crippen molar-refractivity contribution in [3.63, 3.8) is 0 Å². The van der Waals surface area contributed by atoms with Crippen LogP contribution in [0.5, 0.6) is 0 Å². The van der Waals surface area contributed by atoms with Crippen LogP contribution in [-0.2, 0) is 6.54 Å². The van der Waals surface area contributed by atoms with E-state index < -0.39 is 0 Å². The van der Waals surface area contributed by atoms with E-state index in [1.165, 1.54) is 5.57 Å². The maximum atomic E-state index is 5.70. The molecule has 70 valence electrons. The van der Waals surface area contributed by atoms with Gasteiger partial charge in [-0.05, 0) is 26.0 Å². The minimum absolute atomic E-state index is 0.791. The predicted octanol–water partition coefficient (Wildman–Crippen LogP) is 2.97. The molecule has 1 rings (SSSR count). The van der Waals surface area contributed by atoms with Crippen LogP contribution in [0.1, 0.15) is 13.8 Å². The highest BCUT2D eigenvalue weighted by atomic mass is 35.5. The van der Waals surface area contributed by atoms with Crippen molar-refractivity contribution in [3.8, 4) is 0 Å². The Morgan fingerprint density at radius 2 is 2.23 bits per heavy atom. The van der Waals surface area contributed by atoms with Gasteiger partial charge >= 0.3 is 0 Å². The number of allylic oxidation sites excluding steroid dienone is 4. The average Bonchev–Trinajstić information content (AvgIpc) is 2.53. The quantitative estimate of drug-likeness (QED) is 0.680. The minimum Gasteiger partial charge on any atom is -0.269 e. The summed E-state index contributed by atoms with van der Waals surface area (Å²) in [5, 5.41) is 4.90. The third-order valence-corrected chi connectivity index (χ3v) is 1.69. The normalized spacial score (nSPS) is 13.5. The summed E-state index contributed by atoms with van der Waals surface area (Å²) in [6.45, 7) is 4.73. The number of rotatable bonds is 3. The average molecular weight is 197 g/mol. The van der Waals surface area contributed by atoms with E-state index in [4.69, 9.17) is 11.6 Å². The molecule has 0 fully saturated rings. The second kappa shape index (κ2) is 4.87. The predicted molar refractivity (Wildman–Crippen MR) is 55.6 cm³/mol. The van der Waals surface area contributed by atoms with Crippen LogP contribution in [0, 0.1) is 0 Å². The van der Waals surface area contributed by atoms with Crippen LogP contribution < -0.4 is 0 Å². The summed E-state index contributed by atoms with van der Waals surface area (Å²) in [4.78, 5) is 0. The van der Waals surface area contributed by atoms with Crippen LogP contribution in [0.25, 0.3) is 0 Å². The molecule has 0 atom stereocenters. The fraction of sp³-hybridized carbons (Fsp3) is 0.300. The number of nitrogens with zero attached hydrogens (tertiary/aromatic N) is 2. The van der Waals surface area contributed by atoms with Gasteiger partial charge in [-0.3, -0.25) is 4.68 Å². The first kappa shape index (κ1) is 10.1. The smallest absolute Gasteiger partial charge is 0.0619 e. The highest BCUT2D eigenvalue weighted by Crippen LogP contribution is 2.02. The Morgan fingerprint density at radius 3 is 2.77 bits per heavy atom. The van der Waals surface area contributed by atoms with Crippen molar-refractivity contribution >= 4 is 11.6 Å². The number of halogens is 1. The fourth-order valence-electron chi connectivity index (χ4n) is 0.959. The van der Waals surface area contributed by atoms with Crippen LogP contribution in [0.15, 0.2) is 41.2 Å². The molecule has 0 aliphatic heterocycles. The summed E-state index contributed by atoms with van der Waals surface area (Å²) in [7, 11) is 0. The first-order chi connectivity index (χ1) is 6.18. The molecule has 0 aromatic carbocycles. The lowest BCUT2D eigenvalue weighted by Crippen LogP contribution is -1.98. The Labute approximate surface area is 83.5 Å². The zero-order valence-electron chi connectivity index (χ0n) is 7.87. The zero-order chi connectivity index (χ0) is 9.68. The fourth-order valence-corrected chi connectivity index (χ4v) is 1.02. The molecule has 0 spiro atoms. The Balaban J connectivity index is 2.55. The molecule has 1 heterocycles. The van der Waals surface area contributed by atoms with Crippen molar-refractivity contribution in [1.29, 1.82) is 0 Å². The molecule has 2 nitrogen and oxygen atoms in total. The van der Waals surface area contributed by atoms with Gasteiger partial charge in [-0.1, -0.05) is 23.3 Å². The van der Waals surface area contributed by atoms with Crippen molar-refractivity contribution in [3.05, 3.63) is 41.2 Å². The lowest BCUT2D eigenvalue weighted by Gasteiger charge is -1.99. The SMILES string of the molecule is CC(Cl)=CC=C(C)Cn1cccn1. The molecule has 1 aromatic heterocycles. The van der Waals surface area contributed by atoms with Crippen LogP contribution in [0.4, 0.5) is 0 Å². The highest BCUT2D eigenvalue weighted by Gasteiger charge is 1.90. The second-order valence-electron chi connectivity index (χ2n) is 2.97. The highest BCUT2D eigenvalue weighted by molar-refractivity contribution is 6.29. The van der Waals surface area contributed by atoms with Crippen molar-refractivity contribution in [2.75, 3.05) is 0 Å². The summed E-state index contributed by atoms with van der Waals surface area (Å²) in [5.74, 6) is 0. The molecular formula is C10H13ClN2. The van der Waals surface area contributed by atoms with Gasteiger partial charge in [0.05, 0.1) is 6.54 Å². The molecule has 0 unspecified atom stereocenters. The molecule has 0 amide bonds. The Morgan fingerprint density at radius 1 is 1.46 bits per heavy atom. The summed E-state index contributed by atoms with van der Waals surface area (Å²) < 4.78 is 1.88. The minimum atomic E-state index is 0.791. The number of hydrogen-bond acceptors (Lipinski definition) is 1. The first-order valence-electron chi connectivity index (χ1n) is 4.15. The van der Waals surface area contributed by atoms with Gasteiger partial charge in [0.2, 0.25) is 0 Å². The summed E-state index contributed by atoms with van der Waals surface area (Å²) in [5.41, 5.74) is 1.23. The van der Waals surface area contributed by atoms with E-state index in [2.05, 4.69) is 12.0 Å². The van der Waals surface area contributed by atoms with Crippen molar-refractivity contribution in [1.82, 2.24) is 9.78 Å². The zero-order valence-corrected chi connectivity index (χ0v) is 8.62.